The molecular weight excluding hydrogens is 400 g/mol. The van der Waals surface area contributed by atoms with E-state index >= 15 is 0 Å². The van der Waals surface area contributed by atoms with Gasteiger partial charge in [-0.2, -0.15) is 0 Å². The molecule has 24 heavy (non-hydrogen) atoms. The highest BCUT2D eigenvalue weighted by Gasteiger charge is 2.32. The van der Waals surface area contributed by atoms with Crippen LogP contribution in [-0.2, 0) is 0 Å². The van der Waals surface area contributed by atoms with Crippen molar-refractivity contribution in [1.29, 1.82) is 0 Å². The lowest BCUT2D eigenvalue weighted by Crippen LogP contribution is -2.49. The Morgan fingerprint density at radius 1 is 1.29 bits per heavy atom. The first-order valence-electron chi connectivity index (χ1n) is 7.74. The molecule has 1 atom stereocenters. The molecule has 0 saturated carbocycles. The fourth-order valence-electron chi connectivity index (χ4n) is 3.23. The zero-order chi connectivity index (χ0) is 16.4. The van der Waals surface area contributed by atoms with Gasteiger partial charge in [-0.3, -0.25) is 19.8 Å². The number of nitro benzene ring substituents is 1. The first kappa shape index (κ1) is 19.1. The van der Waals surface area contributed by atoms with Gasteiger partial charge in [-0.05, 0) is 28.4 Å². The van der Waals surface area contributed by atoms with Crippen LogP contribution in [0.4, 0.5) is 5.69 Å². The number of carbonyl (C=O) groups excluding carboxylic acids is 1. The number of carbonyl (C=O) groups is 1. The van der Waals surface area contributed by atoms with Crippen molar-refractivity contribution in [2.45, 2.75) is 12.5 Å². The Morgan fingerprint density at radius 3 is 2.62 bits per heavy atom. The maximum absolute atomic E-state index is 12.7. The molecule has 0 aliphatic carbocycles. The third-order valence-corrected chi connectivity index (χ3v) is 5.17. The summed E-state index contributed by atoms with van der Waals surface area (Å²) in [5.74, 6) is -0.0654. The van der Waals surface area contributed by atoms with Crippen LogP contribution in [0, 0.1) is 10.1 Å². The van der Waals surface area contributed by atoms with Gasteiger partial charge in [0.25, 0.3) is 11.6 Å². The average Bonchev–Trinajstić information content (AvgIpc) is 3.05. The molecule has 7 nitrogen and oxygen atoms in total. The molecule has 3 rings (SSSR count). The van der Waals surface area contributed by atoms with Crippen molar-refractivity contribution in [3.05, 3.63) is 38.3 Å². The smallest absolute Gasteiger partial charge is 0.270 e. The van der Waals surface area contributed by atoms with Gasteiger partial charge in [0.15, 0.2) is 0 Å². The van der Waals surface area contributed by atoms with Crippen molar-refractivity contribution < 1.29 is 9.72 Å². The maximum Gasteiger partial charge on any atom is 0.270 e. The van der Waals surface area contributed by atoms with Gasteiger partial charge < -0.3 is 10.2 Å². The quantitative estimate of drug-likeness (QED) is 0.598. The molecule has 2 aliphatic heterocycles. The molecule has 1 amide bonds. The van der Waals surface area contributed by atoms with E-state index < -0.39 is 4.92 Å². The average molecular weight is 420 g/mol. The second-order valence-electron chi connectivity index (χ2n) is 5.90. The van der Waals surface area contributed by atoms with Crippen LogP contribution in [0.25, 0.3) is 0 Å². The summed E-state index contributed by atoms with van der Waals surface area (Å²) in [7, 11) is 0. The number of likely N-dealkylation sites (tertiary alicyclic amines) is 1. The van der Waals surface area contributed by atoms with Crippen LogP contribution in [-0.4, -0.2) is 65.9 Å². The fourth-order valence-corrected chi connectivity index (χ4v) is 3.77. The zero-order valence-corrected chi connectivity index (χ0v) is 15.5. The number of nitro groups is 1. The van der Waals surface area contributed by atoms with Crippen LogP contribution in [0.2, 0.25) is 0 Å². The van der Waals surface area contributed by atoms with E-state index in [2.05, 4.69) is 26.1 Å². The summed E-state index contributed by atoms with van der Waals surface area (Å²) in [6.45, 7) is 5.50. The highest BCUT2D eigenvalue weighted by atomic mass is 79.9. The van der Waals surface area contributed by atoms with Gasteiger partial charge >= 0.3 is 0 Å². The number of rotatable bonds is 3. The predicted molar refractivity (Wildman–Crippen MR) is 96.8 cm³/mol. The lowest BCUT2D eigenvalue weighted by Gasteiger charge is -2.32. The molecule has 1 aromatic rings. The standard InChI is InChI=1S/C15H19BrN4O3.ClH/c16-14-9-11(20(22)23)1-2-13(14)15(21)19-6-3-12(10-19)18-7-4-17-5-8-18;/h1-2,9,12,17H,3-8,10H2;1H. The summed E-state index contributed by atoms with van der Waals surface area (Å²) in [5, 5.41) is 14.1. The lowest BCUT2D eigenvalue weighted by atomic mass is 10.2. The summed E-state index contributed by atoms with van der Waals surface area (Å²) >= 11 is 3.28. The second kappa shape index (κ2) is 8.24. The Morgan fingerprint density at radius 2 is 2.00 bits per heavy atom. The third-order valence-electron chi connectivity index (χ3n) is 4.51. The topological polar surface area (TPSA) is 78.7 Å². The molecule has 2 heterocycles. The summed E-state index contributed by atoms with van der Waals surface area (Å²) in [6.07, 6.45) is 0.982. The number of piperazine rings is 1. The summed E-state index contributed by atoms with van der Waals surface area (Å²) in [4.78, 5) is 27.3. The van der Waals surface area contributed by atoms with E-state index in [1.54, 1.807) is 0 Å². The molecule has 2 saturated heterocycles. The van der Waals surface area contributed by atoms with Crippen molar-refractivity contribution in [2.75, 3.05) is 39.3 Å². The predicted octanol–water partition coefficient (Wildman–Crippen LogP) is 1.90. The molecule has 2 fully saturated rings. The second-order valence-corrected chi connectivity index (χ2v) is 6.76. The minimum atomic E-state index is -0.463. The number of hydrogen-bond acceptors (Lipinski definition) is 5. The molecule has 132 valence electrons. The van der Waals surface area contributed by atoms with Crippen LogP contribution in [0.3, 0.4) is 0 Å². The molecule has 9 heteroatoms. The number of nitrogens with zero attached hydrogens (tertiary/aromatic N) is 3. The Labute approximate surface area is 155 Å². The Kier molecular flexibility index (Phi) is 6.56. The van der Waals surface area contributed by atoms with Gasteiger partial charge in [0, 0.05) is 61.9 Å². The van der Waals surface area contributed by atoms with Crippen molar-refractivity contribution >= 4 is 39.9 Å². The Hall–Kier alpha value is -1.22. The minimum absolute atomic E-state index is 0. The SMILES string of the molecule is Cl.O=C(c1ccc([N+](=O)[O-])cc1Br)N1CCC(N2CCNCC2)C1. The van der Waals surface area contributed by atoms with E-state index in [4.69, 9.17) is 0 Å². The molecule has 2 aliphatic rings. The molecule has 1 aromatic carbocycles. The molecule has 1 unspecified atom stereocenters. The monoisotopic (exact) mass is 418 g/mol. The number of hydrogen-bond donors (Lipinski definition) is 1. The van der Waals surface area contributed by atoms with Gasteiger partial charge in [-0.25, -0.2) is 0 Å². The highest BCUT2D eigenvalue weighted by molar-refractivity contribution is 9.10. The van der Waals surface area contributed by atoms with Gasteiger partial charge in [0.2, 0.25) is 0 Å². The highest BCUT2D eigenvalue weighted by Crippen LogP contribution is 2.26. The van der Waals surface area contributed by atoms with E-state index in [0.717, 1.165) is 45.7 Å². The number of benzene rings is 1. The van der Waals surface area contributed by atoms with Crippen LogP contribution in [0.1, 0.15) is 16.8 Å². The minimum Gasteiger partial charge on any atom is -0.337 e. The number of nitrogens with one attached hydrogen (secondary N) is 1. The van der Waals surface area contributed by atoms with Crippen molar-refractivity contribution in [3.63, 3.8) is 0 Å². The molecule has 1 N–H and O–H groups in total. The number of non-ortho nitro benzene ring substituents is 1. The molecule has 0 spiro atoms. The maximum atomic E-state index is 12.7. The lowest BCUT2D eigenvalue weighted by molar-refractivity contribution is -0.384. The summed E-state index contributed by atoms with van der Waals surface area (Å²) in [6, 6.07) is 4.71. The zero-order valence-electron chi connectivity index (χ0n) is 13.1. The van der Waals surface area contributed by atoms with Gasteiger partial charge in [-0.15, -0.1) is 12.4 Å². The van der Waals surface area contributed by atoms with Crippen molar-refractivity contribution in [1.82, 2.24) is 15.1 Å². The third kappa shape index (κ3) is 4.05. The Bertz CT molecular complexity index is 625. The normalized spacial score (nSPS) is 21.4. The van der Waals surface area contributed by atoms with Gasteiger partial charge in [0.1, 0.15) is 0 Å². The summed E-state index contributed by atoms with van der Waals surface area (Å²) in [5.41, 5.74) is 0.463. The van der Waals surface area contributed by atoms with Crippen molar-refractivity contribution in [3.8, 4) is 0 Å². The largest absolute Gasteiger partial charge is 0.337 e. The molecular formula is C15H20BrClN4O3. The van der Waals surface area contributed by atoms with E-state index in [1.807, 2.05) is 4.90 Å². The first-order valence-corrected chi connectivity index (χ1v) is 8.53. The molecule has 0 bridgehead atoms. The van der Waals surface area contributed by atoms with Crippen LogP contribution >= 0.6 is 28.3 Å². The van der Waals surface area contributed by atoms with E-state index in [0.29, 0.717) is 16.1 Å². The van der Waals surface area contributed by atoms with Gasteiger partial charge in [-0.1, -0.05) is 0 Å². The van der Waals surface area contributed by atoms with Gasteiger partial charge in [0.05, 0.1) is 10.5 Å². The van der Waals surface area contributed by atoms with Crippen LogP contribution in [0.15, 0.2) is 22.7 Å². The fraction of sp³-hybridized carbons (Fsp3) is 0.533. The number of halogens is 2. The number of amides is 1. The van der Waals surface area contributed by atoms with Crippen LogP contribution < -0.4 is 5.32 Å². The molecule has 0 aromatic heterocycles. The van der Waals surface area contributed by atoms with E-state index in [9.17, 15) is 14.9 Å². The Balaban J connectivity index is 0.00000208. The van der Waals surface area contributed by atoms with Crippen molar-refractivity contribution in [2.24, 2.45) is 0 Å². The van der Waals surface area contributed by atoms with Crippen LogP contribution in [0.5, 0.6) is 0 Å². The van der Waals surface area contributed by atoms with E-state index in [1.165, 1.54) is 18.2 Å². The first-order chi connectivity index (χ1) is 11.1. The van der Waals surface area contributed by atoms with E-state index in [-0.39, 0.29) is 24.0 Å². The molecule has 0 radical (unpaired) electrons. The summed E-state index contributed by atoms with van der Waals surface area (Å²) < 4.78 is 0.474.